The van der Waals surface area contributed by atoms with E-state index in [1.54, 1.807) is 13.1 Å². The van der Waals surface area contributed by atoms with Crippen molar-refractivity contribution < 1.29 is 18.7 Å². The number of esters is 1. The molecule has 0 fully saturated rings. The number of benzene rings is 2. The van der Waals surface area contributed by atoms with Crippen LogP contribution in [0.5, 0.6) is 5.75 Å². The van der Waals surface area contributed by atoms with Crippen LogP contribution >= 0.6 is 0 Å². The number of aromatic nitrogens is 1. The van der Waals surface area contributed by atoms with Gasteiger partial charge in [-0.2, -0.15) is 0 Å². The smallest absolute Gasteiger partial charge is 0.306 e. The molecule has 27 heavy (non-hydrogen) atoms. The summed E-state index contributed by atoms with van der Waals surface area (Å²) in [6.07, 6.45) is 1.84. The van der Waals surface area contributed by atoms with Gasteiger partial charge < -0.3 is 13.9 Å². The molecule has 0 spiro atoms. The van der Waals surface area contributed by atoms with Gasteiger partial charge >= 0.3 is 5.97 Å². The Kier molecular flexibility index (Phi) is 6.26. The first kappa shape index (κ1) is 18.7. The number of nitrogens with zero attached hydrogens (tertiary/aromatic N) is 1. The minimum absolute atomic E-state index is 0.179. The van der Waals surface area contributed by atoms with Crippen LogP contribution in [0.2, 0.25) is 0 Å². The first-order chi connectivity index (χ1) is 13.2. The summed E-state index contributed by atoms with van der Waals surface area (Å²) in [5.41, 5.74) is 2.04. The zero-order chi connectivity index (χ0) is 19.1. The molecule has 0 amide bonds. The fourth-order valence-electron chi connectivity index (χ4n) is 2.80. The number of hydrogen-bond donors (Lipinski definition) is 0. The molecule has 0 aliphatic carbocycles. The number of aryl methyl sites for hydroxylation is 1. The maximum atomic E-state index is 12.0. The molecule has 3 rings (SSSR count). The molecule has 1 atom stereocenters. The summed E-state index contributed by atoms with van der Waals surface area (Å²) >= 11 is 0. The molecule has 0 bridgehead atoms. The van der Waals surface area contributed by atoms with Crippen molar-refractivity contribution in [3.63, 3.8) is 0 Å². The molecule has 3 aromatic rings. The molecule has 0 N–H and O–H groups in total. The first-order valence-corrected chi connectivity index (χ1v) is 9.00. The van der Waals surface area contributed by atoms with Crippen molar-refractivity contribution in [3.05, 3.63) is 83.6 Å². The Hall–Kier alpha value is -3.08. The van der Waals surface area contributed by atoms with Crippen LogP contribution in [0.15, 0.2) is 65.2 Å². The van der Waals surface area contributed by atoms with E-state index in [9.17, 15) is 4.79 Å². The van der Waals surface area contributed by atoms with Crippen LogP contribution < -0.4 is 4.74 Å². The van der Waals surface area contributed by atoms with Gasteiger partial charge in [-0.05, 0) is 37.1 Å². The highest BCUT2D eigenvalue weighted by Crippen LogP contribution is 2.29. The summed E-state index contributed by atoms with van der Waals surface area (Å²) in [4.78, 5) is 16.3. The molecule has 5 heteroatoms. The Morgan fingerprint density at radius 2 is 1.85 bits per heavy atom. The number of ether oxygens (including phenoxy) is 2. The van der Waals surface area contributed by atoms with Crippen LogP contribution in [0, 0.1) is 6.92 Å². The second-order valence-electron chi connectivity index (χ2n) is 6.21. The molecular formula is C22H23NO4. The van der Waals surface area contributed by atoms with E-state index in [0.717, 1.165) is 16.9 Å². The van der Waals surface area contributed by atoms with E-state index in [4.69, 9.17) is 13.9 Å². The SMILES string of the molecule is CCOC(=O)C[C@@H](c1ccc(OCc2ccccc2)cc1)c1ncc(C)o1. The van der Waals surface area contributed by atoms with Crippen molar-refractivity contribution >= 4 is 5.97 Å². The predicted octanol–water partition coefficient (Wildman–Crippen LogP) is 4.65. The Morgan fingerprint density at radius 1 is 1.11 bits per heavy atom. The fourth-order valence-corrected chi connectivity index (χ4v) is 2.80. The molecule has 0 saturated heterocycles. The third-order valence-electron chi connectivity index (χ3n) is 4.14. The number of carbonyl (C=O) groups excluding carboxylic acids is 1. The van der Waals surface area contributed by atoms with E-state index in [1.807, 2.05) is 61.5 Å². The van der Waals surface area contributed by atoms with Crippen LogP contribution in [-0.2, 0) is 16.1 Å². The Labute approximate surface area is 159 Å². The van der Waals surface area contributed by atoms with Gasteiger partial charge in [0.05, 0.1) is 25.1 Å². The van der Waals surface area contributed by atoms with Gasteiger partial charge in [0.2, 0.25) is 5.89 Å². The molecule has 0 saturated carbocycles. The molecule has 0 aliphatic rings. The van der Waals surface area contributed by atoms with Crippen LogP contribution in [0.25, 0.3) is 0 Å². The van der Waals surface area contributed by atoms with Gasteiger partial charge in [-0.3, -0.25) is 4.79 Å². The minimum atomic E-state index is -0.291. The monoisotopic (exact) mass is 365 g/mol. The largest absolute Gasteiger partial charge is 0.489 e. The van der Waals surface area contributed by atoms with Crippen LogP contribution in [0.1, 0.15) is 42.0 Å². The summed E-state index contributed by atoms with van der Waals surface area (Å²) < 4.78 is 16.6. The second-order valence-corrected chi connectivity index (χ2v) is 6.21. The molecule has 2 aromatic carbocycles. The van der Waals surface area contributed by atoms with Crippen LogP contribution in [0.4, 0.5) is 0 Å². The van der Waals surface area contributed by atoms with E-state index < -0.39 is 0 Å². The highest BCUT2D eigenvalue weighted by atomic mass is 16.5. The summed E-state index contributed by atoms with van der Waals surface area (Å²) in [5.74, 6) is 1.42. The Morgan fingerprint density at radius 3 is 2.48 bits per heavy atom. The zero-order valence-corrected chi connectivity index (χ0v) is 15.6. The van der Waals surface area contributed by atoms with E-state index in [0.29, 0.717) is 24.9 Å². The van der Waals surface area contributed by atoms with Gasteiger partial charge in [0.25, 0.3) is 0 Å². The van der Waals surface area contributed by atoms with Gasteiger partial charge in [0, 0.05) is 0 Å². The predicted molar refractivity (Wildman–Crippen MR) is 102 cm³/mol. The van der Waals surface area contributed by atoms with E-state index in [1.165, 1.54) is 0 Å². The lowest BCUT2D eigenvalue weighted by molar-refractivity contribution is -0.143. The Bertz CT molecular complexity index is 856. The normalized spacial score (nSPS) is 11.8. The number of carbonyl (C=O) groups is 1. The maximum absolute atomic E-state index is 12.0. The standard InChI is InChI=1S/C22H23NO4/c1-3-25-21(24)13-20(22-23-14-16(2)27-22)18-9-11-19(12-10-18)26-15-17-7-5-4-6-8-17/h4-12,14,20H,3,13,15H2,1-2H3/t20-/m0/s1. The topological polar surface area (TPSA) is 61.6 Å². The third-order valence-corrected chi connectivity index (χ3v) is 4.14. The van der Waals surface area contributed by atoms with E-state index in [2.05, 4.69) is 4.98 Å². The van der Waals surface area contributed by atoms with Gasteiger partial charge in [-0.25, -0.2) is 4.98 Å². The molecule has 1 aromatic heterocycles. The first-order valence-electron chi connectivity index (χ1n) is 9.00. The average molecular weight is 365 g/mol. The molecule has 1 heterocycles. The highest BCUT2D eigenvalue weighted by Gasteiger charge is 2.23. The van der Waals surface area contributed by atoms with Crippen LogP contribution in [0.3, 0.4) is 0 Å². The van der Waals surface area contributed by atoms with Gasteiger partial charge in [-0.15, -0.1) is 0 Å². The zero-order valence-electron chi connectivity index (χ0n) is 15.6. The lowest BCUT2D eigenvalue weighted by atomic mass is 9.95. The number of rotatable bonds is 8. The molecular weight excluding hydrogens is 342 g/mol. The van der Waals surface area contributed by atoms with Crippen molar-refractivity contribution in [2.75, 3.05) is 6.61 Å². The van der Waals surface area contributed by atoms with Gasteiger partial charge in [0.1, 0.15) is 18.1 Å². The molecule has 0 radical (unpaired) electrons. The van der Waals surface area contributed by atoms with Crippen molar-refractivity contribution in [1.82, 2.24) is 4.98 Å². The Balaban J connectivity index is 1.73. The summed E-state index contributed by atoms with van der Waals surface area (Å²) in [5, 5.41) is 0. The van der Waals surface area contributed by atoms with Gasteiger partial charge in [-0.1, -0.05) is 42.5 Å². The maximum Gasteiger partial charge on any atom is 0.306 e. The average Bonchev–Trinajstić information content (AvgIpc) is 3.12. The van der Waals surface area contributed by atoms with Crippen LogP contribution in [-0.4, -0.2) is 17.6 Å². The molecule has 0 aliphatic heterocycles. The third kappa shape index (κ3) is 5.20. The second kappa shape index (κ2) is 9.03. The highest BCUT2D eigenvalue weighted by molar-refractivity contribution is 5.71. The van der Waals surface area contributed by atoms with Crippen molar-refractivity contribution in [3.8, 4) is 5.75 Å². The van der Waals surface area contributed by atoms with Crippen molar-refractivity contribution in [2.45, 2.75) is 32.8 Å². The number of hydrogen-bond acceptors (Lipinski definition) is 5. The fraction of sp³-hybridized carbons (Fsp3) is 0.273. The summed E-state index contributed by atoms with van der Waals surface area (Å²) in [7, 11) is 0. The van der Waals surface area contributed by atoms with Crippen molar-refractivity contribution in [2.24, 2.45) is 0 Å². The molecule has 140 valence electrons. The lowest BCUT2D eigenvalue weighted by Crippen LogP contribution is -2.12. The minimum Gasteiger partial charge on any atom is -0.489 e. The quantitative estimate of drug-likeness (QED) is 0.544. The summed E-state index contributed by atoms with van der Waals surface area (Å²) in [6.45, 7) is 4.48. The molecule has 5 nitrogen and oxygen atoms in total. The van der Waals surface area contributed by atoms with Gasteiger partial charge in [0.15, 0.2) is 0 Å². The van der Waals surface area contributed by atoms with Crippen molar-refractivity contribution in [1.29, 1.82) is 0 Å². The van der Waals surface area contributed by atoms with E-state index in [-0.39, 0.29) is 18.3 Å². The molecule has 0 unspecified atom stereocenters. The summed E-state index contributed by atoms with van der Waals surface area (Å²) in [6, 6.07) is 17.7. The lowest BCUT2D eigenvalue weighted by Gasteiger charge is -2.14. The van der Waals surface area contributed by atoms with E-state index >= 15 is 0 Å². The number of oxazole rings is 1.